The molecule has 1 aliphatic heterocycles. The highest BCUT2D eigenvalue weighted by Crippen LogP contribution is 2.59. The molecule has 4 aliphatic carbocycles. The molecule has 4 bridgehead atoms. The van der Waals surface area contributed by atoms with Crippen LogP contribution in [0.2, 0.25) is 0 Å². The zero-order valence-electron chi connectivity index (χ0n) is 18.4. The van der Waals surface area contributed by atoms with Crippen molar-refractivity contribution in [3.8, 4) is 5.75 Å². The SMILES string of the molecule is COc1ccc(CN2CCN(CC(=O)NCC34CC5CC(CC(C5)C3)C4)CC2)cc1. The number of rotatable bonds is 7. The van der Waals surface area contributed by atoms with E-state index in [1.54, 1.807) is 7.11 Å². The first-order valence-corrected chi connectivity index (χ1v) is 11.9. The molecule has 5 fully saturated rings. The van der Waals surface area contributed by atoms with Crippen molar-refractivity contribution in [2.45, 2.75) is 45.1 Å². The van der Waals surface area contributed by atoms with E-state index in [0.29, 0.717) is 12.0 Å². The second-order valence-electron chi connectivity index (χ2n) is 10.6. The predicted molar refractivity (Wildman–Crippen MR) is 118 cm³/mol. The molecular weight excluding hydrogens is 374 g/mol. The van der Waals surface area contributed by atoms with Crippen LogP contribution in [0.5, 0.6) is 5.75 Å². The molecule has 0 radical (unpaired) electrons. The lowest BCUT2D eigenvalue weighted by Crippen LogP contribution is -2.53. The van der Waals surface area contributed by atoms with E-state index in [-0.39, 0.29) is 5.91 Å². The molecule has 1 aromatic carbocycles. The molecule has 1 aromatic rings. The highest BCUT2D eigenvalue weighted by molar-refractivity contribution is 5.78. The number of hydrogen-bond acceptors (Lipinski definition) is 4. The van der Waals surface area contributed by atoms with Gasteiger partial charge >= 0.3 is 0 Å². The standard InChI is InChI=1S/C25H37N3O2/c1-30-23-4-2-19(3-5-23)16-27-6-8-28(9-7-27)17-24(29)26-18-25-13-20-10-21(14-25)12-22(11-20)15-25/h2-5,20-22H,6-18H2,1H3,(H,26,29). The van der Waals surface area contributed by atoms with Crippen LogP contribution in [-0.4, -0.2) is 62.1 Å². The minimum atomic E-state index is 0.231. The molecular formula is C25H37N3O2. The van der Waals surface area contributed by atoms with Crippen LogP contribution in [0.1, 0.15) is 44.1 Å². The summed E-state index contributed by atoms with van der Waals surface area (Å²) in [4.78, 5) is 17.5. The molecule has 0 spiro atoms. The average Bonchev–Trinajstić information content (AvgIpc) is 2.73. The van der Waals surface area contributed by atoms with Crippen molar-refractivity contribution in [2.75, 3.05) is 46.4 Å². The van der Waals surface area contributed by atoms with Crippen LogP contribution >= 0.6 is 0 Å². The highest BCUT2D eigenvalue weighted by atomic mass is 16.5. The summed E-state index contributed by atoms with van der Waals surface area (Å²) in [5, 5.41) is 3.34. The van der Waals surface area contributed by atoms with Crippen LogP contribution in [0.4, 0.5) is 0 Å². The Balaban J connectivity index is 1.04. The van der Waals surface area contributed by atoms with Crippen LogP contribution in [0, 0.1) is 23.2 Å². The molecule has 0 unspecified atom stereocenters. The van der Waals surface area contributed by atoms with Crippen LogP contribution in [0.25, 0.3) is 0 Å². The number of methoxy groups -OCH3 is 1. The minimum Gasteiger partial charge on any atom is -0.497 e. The van der Waals surface area contributed by atoms with Gasteiger partial charge < -0.3 is 10.1 Å². The Hall–Kier alpha value is -1.59. The number of amides is 1. The van der Waals surface area contributed by atoms with Gasteiger partial charge in [0.2, 0.25) is 5.91 Å². The monoisotopic (exact) mass is 411 g/mol. The van der Waals surface area contributed by atoms with Gasteiger partial charge in [0.05, 0.1) is 13.7 Å². The minimum absolute atomic E-state index is 0.231. The van der Waals surface area contributed by atoms with E-state index in [0.717, 1.165) is 62.8 Å². The number of nitrogens with one attached hydrogen (secondary N) is 1. The Morgan fingerprint density at radius 1 is 0.967 bits per heavy atom. The molecule has 1 heterocycles. The van der Waals surface area contributed by atoms with Gasteiger partial charge in [0.1, 0.15) is 5.75 Å². The molecule has 164 valence electrons. The van der Waals surface area contributed by atoms with E-state index in [1.807, 2.05) is 12.1 Å². The molecule has 0 aromatic heterocycles. The van der Waals surface area contributed by atoms with E-state index < -0.39 is 0 Å². The number of ether oxygens (including phenoxy) is 1. The Labute approximate surface area is 181 Å². The first-order valence-electron chi connectivity index (χ1n) is 11.9. The van der Waals surface area contributed by atoms with Gasteiger partial charge in [0, 0.05) is 39.3 Å². The van der Waals surface area contributed by atoms with E-state index in [4.69, 9.17) is 4.74 Å². The van der Waals surface area contributed by atoms with Crippen molar-refractivity contribution in [3.05, 3.63) is 29.8 Å². The summed E-state index contributed by atoms with van der Waals surface area (Å²) in [6.45, 7) is 6.44. The van der Waals surface area contributed by atoms with Gasteiger partial charge in [-0.1, -0.05) is 12.1 Å². The Kier molecular flexibility index (Phi) is 5.76. The molecule has 5 heteroatoms. The normalized spacial score (nSPS) is 33.6. The van der Waals surface area contributed by atoms with E-state index in [2.05, 4.69) is 27.2 Å². The predicted octanol–water partition coefficient (Wildman–Crippen LogP) is 3.15. The largest absolute Gasteiger partial charge is 0.497 e. The molecule has 5 nitrogen and oxygen atoms in total. The summed E-state index contributed by atoms with van der Waals surface area (Å²) in [5.41, 5.74) is 1.75. The molecule has 1 amide bonds. The fourth-order valence-electron chi connectivity index (χ4n) is 7.15. The number of hydrogen-bond donors (Lipinski definition) is 1. The van der Waals surface area contributed by atoms with Crippen molar-refractivity contribution < 1.29 is 9.53 Å². The third-order valence-corrected chi connectivity index (χ3v) is 8.22. The summed E-state index contributed by atoms with van der Waals surface area (Å²) in [5.74, 6) is 3.99. The summed E-state index contributed by atoms with van der Waals surface area (Å²) < 4.78 is 5.24. The van der Waals surface area contributed by atoms with Gasteiger partial charge in [-0.3, -0.25) is 14.6 Å². The number of carbonyl (C=O) groups is 1. The first-order chi connectivity index (χ1) is 14.6. The molecule has 30 heavy (non-hydrogen) atoms. The maximum atomic E-state index is 12.7. The Bertz CT molecular complexity index is 704. The quantitative estimate of drug-likeness (QED) is 0.749. The first kappa shape index (κ1) is 20.3. The van der Waals surface area contributed by atoms with Gasteiger partial charge in [0.15, 0.2) is 0 Å². The van der Waals surface area contributed by atoms with Crippen LogP contribution < -0.4 is 10.1 Å². The summed E-state index contributed by atoms with van der Waals surface area (Å²) in [7, 11) is 1.70. The average molecular weight is 412 g/mol. The topological polar surface area (TPSA) is 44.8 Å². The van der Waals surface area contributed by atoms with Crippen molar-refractivity contribution in [1.29, 1.82) is 0 Å². The molecule has 4 saturated carbocycles. The third kappa shape index (κ3) is 4.52. The van der Waals surface area contributed by atoms with E-state index in [1.165, 1.54) is 44.1 Å². The van der Waals surface area contributed by atoms with Gasteiger partial charge in [-0.15, -0.1) is 0 Å². The van der Waals surface area contributed by atoms with Crippen LogP contribution in [-0.2, 0) is 11.3 Å². The number of piperazine rings is 1. The highest BCUT2D eigenvalue weighted by Gasteiger charge is 2.50. The maximum absolute atomic E-state index is 12.7. The molecule has 1 saturated heterocycles. The second kappa shape index (κ2) is 8.51. The van der Waals surface area contributed by atoms with E-state index in [9.17, 15) is 4.79 Å². The Morgan fingerprint density at radius 2 is 1.53 bits per heavy atom. The lowest BCUT2D eigenvalue weighted by atomic mass is 9.49. The van der Waals surface area contributed by atoms with Crippen LogP contribution in [0.15, 0.2) is 24.3 Å². The number of nitrogens with zero attached hydrogens (tertiary/aromatic N) is 2. The van der Waals surface area contributed by atoms with E-state index >= 15 is 0 Å². The summed E-state index contributed by atoms with van der Waals surface area (Å²) in [6, 6.07) is 8.34. The lowest BCUT2D eigenvalue weighted by molar-refractivity contribution is -0.124. The fourth-order valence-corrected chi connectivity index (χ4v) is 7.15. The van der Waals surface area contributed by atoms with Crippen molar-refractivity contribution in [1.82, 2.24) is 15.1 Å². The van der Waals surface area contributed by atoms with Crippen molar-refractivity contribution >= 4 is 5.91 Å². The third-order valence-electron chi connectivity index (χ3n) is 8.22. The zero-order chi connectivity index (χ0) is 20.6. The summed E-state index contributed by atoms with van der Waals surface area (Å²) >= 11 is 0. The summed E-state index contributed by atoms with van der Waals surface area (Å²) in [6.07, 6.45) is 8.49. The van der Waals surface area contributed by atoms with Crippen molar-refractivity contribution in [3.63, 3.8) is 0 Å². The van der Waals surface area contributed by atoms with Gasteiger partial charge in [-0.05, 0) is 79.4 Å². The number of benzene rings is 1. The lowest BCUT2D eigenvalue weighted by Gasteiger charge is -2.57. The molecule has 0 atom stereocenters. The fraction of sp³-hybridized carbons (Fsp3) is 0.720. The smallest absolute Gasteiger partial charge is 0.234 e. The molecule has 5 aliphatic rings. The molecule has 6 rings (SSSR count). The zero-order valence-corrected chi connectivity index (χ0v) is 18.4. The van der Waals surface area contributed by atoms with Crippen LogP contribution in [0.3, 0.4) is 0 Å². The number of carbonyl (C=O) groups excluding carboxylic acids is 1. The Morgan fingerprint density at radius 3 is 2.10 bits per heavy atom. The van der Waals surface area contributed by atoms with Crippen molar-refractivity contribution in [2.24, 2.45) is 23.2 Å². The maximum Gasteiger partial charge on any atom is 0.234 e. The van der Waals surface area contributed by atoms with Gasteiger partial charge in [-0.25, -0.2) is 0 Å². The second-order valence-corrected chi connectivity index (χ2v) is 10.6. The molecule has 1 N–H and O–H groups in total. The van der Waals surface area contributed by atoms with Gasteiger partial charge in [0.25, 0.3) is 0 Å². The van der Waals surface area contributed by atoms with Gasteiger partial charge in [-0.2, -0.15) is 0 Å².